The lowest BCUT2D eigenvalue weighted by Crippen LogP contribution is -2.21. The second kappa shape index (κ2) is 6.44. The first-order valence-electron chi connectivity index (χ1n) is 5.73. The quantitative estimate of drug-likeness (QED) is 0.393. The van der Waals surface area contributed by atoms with Crippen molar-refractivity contribution in [2.24, 2.45) is 0 Å². The molecule has 1 aliphatic rings. The van der Waals surface area contributed by atoms with Crippen molar-refractivity contribution in [3.05, 3.63) is 24.8 Å². The van der Waals surface area contributed by atoms with Gasteiger partial charge in [-0.1, -0.05) is 19.1 Å². The fraction of sp³-hybridized carbons (Fsp3) is 0.615. The molecular weight excluding hydrogens is 188 g/mol. The van der Waals surface area contributed by atoms with Gasteiger partial charge < -0.3 is 4.74 Å². The van der Waals surface area contributed by atoms with Crippen LogP contribution in [0.2, 0.25) is 0 Å². The van der Waals surface area contributed by atoms with Crippen LogP contribution in [0.15, 0.2) is 24.8 Å². The van der Waals surface area contributed by atoms with E-state index >= 15 is 0 Å². The standard InChI is InChI=1S/C13H20O2/c1-3-4-8-11(2)13(14)15-12-9-6-5-7-10-12/h3,12H,1-2,4-10H2. The third kappa shape index (κ3) is 4.32. The number of hydrogen-bond donors (Lipinski definition) is 0. The SMILES string of the molecule is C=CCCC(=C)C(=O)OC1CCCCC1. The minimum Gasteiger partial charge on any atom is -0.459 e. The van der Waals surface area contributed by atoms with Crippen molar-refractivity contribution in [3.8, 4) is 0 Å². The van der Waals surface area contributed by atoms with Crippen molar-refractivity contribution in [2.75, 3.05) is 0 Å². The highest BCUT2D eigenvalue weighted by atomic mass is 16.5. The smallest absolute Gasteiger partial charge is 0.333 e. The number of rotatable bonds is 5. The van der Waals surface area contributed by atoms with Crippen LogP contribution in [0.25, 0.3) is 0 Å². The van der Waals surface area contributed by atoms with E-state index in [1.54, 1.807) is 6.08 Å². The van der Waals surface area contributed by atoms with Gasteiger partial charge in [-0.05, 0) is 38.5 Å². The van der Waals surface area contributed by atoms with Gasteiger partial charge in [0.2, 0.25) is 0 Å². The normalized spacial score (nSPS) is 17.1. The van der Waals surface area contributed by atoms with Gasteiger partial charge in [0.1, 0.15) is 6.10 Å². The van der Waals surface area contributed by atoms with E-state index in [1.807, 2.05) is 0 Å². The first kappa shape index (κ1) is 12.0. The molecule has 15 heavy (non-hydrogen) atoms. The Balaban J connectivity index is 2.27. The van der Waals surface area contributed by atoms with Crippen molar-refractivity contribution in [1.82, 2.24) is 0 Å². The summed E-state index contributed by atoms with van der Waals surface area (Å²) in [7, 11) is 0. The molecule has 0 atom stereocenters. The molecule has 0 unspecified atom stereocenters. The van der Waals surface area contributed by atoms with Crippen LogP contribution in [0, 0.1) is 0 Å². The van der Waals surface area contributed by atoms with Crippen LogP contribution in [0.4, 0.5) is 0 Å². The number of hydrogen-bond acceptors (Lipinski definition) is 2. The maximum Gasteiger partial charge on any atom is 0.333 e. The molecule has 1 rings (SSSR count). The molecule has 0 heterocycles. The largest absolute Gasteiger partial charge is 0.459 e. The summed E-state index contributed by atoms with van der Waals surface area (Å²) in [6.45, 7) is 7.35. The number of esters is 1. The van der Waals surface area contributed by atoms with Gasteiger partial charge in [0.15, 0.2) is 0 Å². The second-order valence-corrected chi connectivity index (χ2v) is 4.10. The molecule has 0 bridgehead atoms. The van der Waals surface area contributed by atoms with E-state index in [0.717, 1.165) is 19.3 Å². The summed E-state index contributed by atoms with van der Waals surface area (Å²) in [4.78, 5) is 11.6. The summed E-state index contributed by atoms with van der Waals surface area (Å²) in [6, 6.07) is 0. The topological polar surface area (TPSA) is 26.3 Å². The Labute approximate surface area is 92.0 Å². The summed E-state index contributed by atoms with van der Waals surface area (Å²) in [5.74, 6) is -0.219. The second-order valence-electron chi connectivity index (χ2n) is 4.10. The average Bonchev–Trinajstić information content (AvgIpc) is 2.27. The third-order valence-electron chi connectivity index (χ3n) is 2.76. The summed E-state index contributed by atoms with van der Waals surface area (Å²) >= 11 is 0. The van der Waals surface area contributed by atoms with Crippen molar-refractivity contribution in [2.45, 2.75) is 51.0 Å². The Hall–Kier alpha value is -1.05. The zero-order chi connectivity index (χ0) is 11.1. The van der Waals surface area contributed by atoms with Crippen molar-refractivity contribution in [3.63, 3.8) is 0 Å². The van der Waals surface area contributed by atoms with E-state index in [9.17, 15) is 4.79 Å². The van der Waals surface area contributed by atoms with E-state index < -0.39 is 0 Å². The van der Waals surface area contributed by atoms with E-state index in [-0.39, 0.29) is 12.1 Å². The average molecular weight is 208 g/mol. The summed E-state index contributed by atoms with van der Waals surface area (Å²) in [5.41, 5.74) is 0.570. The highest BCUT2D eigenvalue weighted by Gasteiger charge is 2.18. The molecule has 1 fully saturated rings. The van der Waals surface area contributed by atoms with E-state index in [0.29, 0.717) is 12.0 Å². The molecular formula is C13H20O2. The molecule has 0 aromatic rings. The lowest BCUT2D eigenvalue weighted by molar-refractivity contribution is -0.145. The Bertz CT molecular complexity index is 237. The predicted molar refractivity (Wildman–Crippen MR) is 61.5 cm³/mol. The van der Waals surface area contributed by atoms with Crippen LogP contribution in [0.1, 0.15) is 44.9 Å². The van der Waals surface area contributed by atoms with Crippen LogP contribution < -0.4 is 0 Å². The minimum absolute atomic E-state index is 0.131. The fourth-order valence-electron chi connectivity index (χ4n) is 1.80. The van der Waals surface area contributed by atoms with Crippen molar-refractivity contribution >= 4 is 5.97 Å². The Morgan fingerprint density at radius 1 is 1.33 bits per heavy atom. The molecule has 1 aliphatic carbocycles. The maximum atomic E-state index is 11.6. The Kier molecular flexibility index (Phi) is 5.16. The van der Waals surface area contributed by atoms with Crippen LogP contribution in [-0.2, 0) is 9.53 Å². The molecule has 0 spiro atoms. The number of carbonyl (C=O) groups excluding carboxylic acids is 1. The van der Waals surface area contributed by atoms with Crippen LogP contribution in [0.3, 0.4) is 0 Å². The third-order valence-corrected chi connectivity index (χ3v) is 2.76. The Morgan fingerprint density at radius 3 is 2.60 bits per heavy atom. The van der Waals surface area contributed by atoms with Crippen LogP contribution >= 0.6 is 0 Å². The van der Waals surface area contributed by atoms with Crippen LogP contribution in [0.5, 0.6) is 0 Å². The van der Waals surface area contributed by atoms with Gasteiger partial charge in [-0.2, -0.15) is 0 Å². The predicted octanol–water partition coefficient (Wildman–Crippen LogP) is 3.38. The molecule has 0 saturated heterocycles. The highest BCUT2D eigenvalue weighted by Crippen LogP contribution is 2.21. The monoisotopic (exact) mass is 208 g/mol. The first-order chi connectivity index (χ1) is 7.24. The van der Waals surface area contributed by atoms with E-state index in [4.69, 9.17) is 4.74 Å². The van der Waals surface area contributed by atoms with E-state index in [2.05, 4.69) is 13.2 Å². The van der Waals surface area contributed by atoms with Gasteiger partial charge in [0.25, 0.3) is 0 Å². The van der Waals surface area contributed by atoms with Gasteiger partial charge in [0, 0.05) is 5.57 Å². The fourth-order valence-corrected chi connectivity index (χ4v) is 1.80. The van der Waals surface area contributed by atoms with Gasteiger partial charge in [-0.15, -0.1) is 6.58 Å². The minimum atomic E-state index is -0.219. The lowest BCUT2D eigenvalue weighted by atomic mass is 9.98. The van der Waals surface area contributed by atoms with Gasteiger partial charge in [0.05, 0.1) is 0 Å². The van der Waals surface area contributed by atoms with Crippen molar-refractivity contribution < 1.29 is 9.53 Å². The van der Waals surface area contributed by atoms with Gasteiger partial charge in [-0.3, -0.25) is 0 Å². The van der Waals surface area contributed by atoms with E-state index in [1.165, 1.54) is 19.3 Å². The number of ether oxygens (including phenoxy) is 1. The molecule has 0 aromatic carbocycles. The Morgan fingerprint density at radius 2 is 2.00 bits per heavy atom. The zero-order valence-corrected chi connectivity index (χ0v) is 9.34. The molecule has 0 N–H and O–H groups in total. The summed E-state index contributed by atoms with van der Waals surface area (Å²) < 4.78 is 5.38. The molecule has 0 aliphatic heterocycles. The summed E-state index contributed by atoms with van der Waals surface area (Å²) in [5, 5.41) is 0. The molecule has 1 saturated carbocycles. The first-order valence-corrected chi connectivity index (χ1v) is 5.73. The summed E-state index contributed by atoms with van der Waals surface area (Å²) in [6.07, 6.45) is 9.03. The van der Waals surface area contributed by atoms with Gasteiger partial charge in [-0.25, -0.2) is 4.79 Å². The van der Waals surface area contributed by atoms with Gasteiger partial charge >= 0.3 is 5.97 Å². The molecule has 2 nitrogen and oxygen atoms in total. The maximum absolute atomic E-state index is 11.6. The molecule has 0 aromatic heterocycles. The molecule has 2 heteroatoms. The number of allylic oxidation sites excluding steroid dienone is 1. The molecule has 0 amide bonds. The van der Waals surface area contributed by atoms with Crippen molar-refractivity contribution in [1.29, 1.82) is 0 Å². The van der Waals surface area contributed by atoms with Crippen LogP contribution in [-0.4, -0.2) is 12.1 Å². The number of carbonyl (C=O) groups is 1. The molecule has 0 radical (unpaired) electrons. The zero-order valence-electron chi connectivity index (χ0n) is 9.34. The highest BCUT2D eigenvalue weighted by molar-refractivity contribution is 5.87. The molecule has 84 valence electrons. The lowest BCUT2D eigenvalue weighted by Gasteiger charge is -2.22.